The second-order valence-electron chi connectivity index (χ2n) is 5.63. The van der Waals surface area contributed by atoms with Gasteiger partial charge in [-0.25, -0.2) is 9.78 Å². The topological polar surface area (TPSA) is 63.2 Å². The number of amides is 2. The molecule has 0 radical (unpaired) electrons. The number of rotatable bonds is 3. The summed E-state index contributed by atoms with van der Waals surface area (Å²) in [5, 5.41) is 6.82. The van der Waals surface area contributed by atoms with Crippen molar-refractivity contribution in [3.05, 3.63) is 59.1 Å². The number of nitrogens with zero attached hydrogens (tertiary/aromatic N) is 1. The van der Waals surface area contributed by atoms with E-state index in [1.54, 1.807) is 11.3 Å². The second kappa shape index (κ2) is 6.49. The van der Waals surface area contributed by atoms with Crippen molar-refractivity contribution in [1.82, 2.24) is 15.6 Å². The number of urea groups is 1. The first-order chi connectivity index (χ1) is 11.8. The molecular formula is C18H17N3O2S. The monoisotopic (exact) mass is 339 g/mol. The fraction of sp³-hybridized carbons (Fsp3) is 0.222. The van der Waals surface area contributed by atoms with Crippen LogP contribution in [0.2, 0.25) is 0 Å². The average molecular weight is 339 g/mol. The Balaban J connectivity index is 1.39. The van der Waals surface area contributed by atoms with Crippen LogP contribution < -0.4 is 15.4 Å². The van der Waals surface area contributed by atoms with E-state index in [1.165, 1.54) is 0 Å². The highest BCUT2D eigenvalue weighted by Crippen LogP contribution is 2.31. The summed E-state index contributed by atoms with van der Waals surface area (Å²) in [6, 6.07) is 15.6. The Morgan fingerprint density at radius 2 is 2.04 bits per heavy atom. The van der Waals surface area contributed by atoms with Crippen LogP contribution in [0.1, 0.15) is 23.0 Å². The molecule has 0 spiro atoms. The average Bonchev–Trinajstić information content (AvgIpc) is 3.03. The lowest BCUT2D eigenvalue weighted by Gasteiger charge is -2.26. The summed E-state index contributed by atoms with van der Waals surface area (Å²) in [7, 11) is 0. The zero-order valence-electron chi connectivity index (χ0n) is 13.0. The van der Waals surface area contributed by atoms with Gasteiger partial charge in [-0.2, -0.15) is 0 Å². The Morgan fingerprint density at radius 3 is 2.96 bits per heavy atom. The van der Waals surface area contributed by atoms with Gasteiger partial charge in [-0.3, -0.25) is 0 Å². The first-order valence-corrected chi connectivity index (χ1v) is 8.72. The summed E-state index contributed by atoms with van der Waals surface area (Å²) >= 11 is 1.60. The predicted octanol–water partition coefficient (Wildman–Crippen LogP) is 3.62. The smallest absolute Gasteiger partial charge is 0.315 e. The number of carbonyl (C=O) groups is 1. The van der Waals surface area contributed by atoms with E-state index in [9.17, 15) is 4.79 Å². The largest absolute Gasteiger partial charge is 0.493 e. The molecule has 24 heavy (non-hydrogen) atoms. The van der Waals surface area contributed by atoms with Gasteiger partial charge in [0.2, 0.25) is 0 Å². The van der Waals surface area contributed by atoms with Gasteiger partial charge in [0.1, 0.15) is 10.8 Å². The van der Waals surface area contributed by atoms with Crippen LogP contribution in [0.5, 0.6) is 5.75 Å². The molecule has 0 bridgehead atoms. The van der Waals surface area contributed by atoms with Crippen LogP contribution in [0.3, 0.4) is 0 Å². The molecule has 4 rings (SSSR count). The van der Waals surface area contributed by atoms with E-state index >= 15 is 0 Å². The standard InChI is InChI=1S/C18H17N3O2S/c22-18(19-11-17-20-14-6-2-4-8-16(14)24-17)21-13-9-10-23-15-7-3-1-5-12(13)15/h1-8,13H,9-11H2,(H2,19,21,22). The van der Waals surface area contributed by atoms with Gasteiger partial charge in [-0.1, -0.05) is 30.3 Å². The number of para-hydroxylation sites is 2. The normalized spacial score (nSPS) is 16.2. The molecule has 2 heterocycles. The molecule has 2 aromatic carbocycles. The van der Waals surface area contributed by atoms with E-state index < -0.39 is 0 Å². The molecule has 1 aromatic heterocycles. The molecular weight excluding hydrogens is 322 g/mol. The highest BCUT2D eigenvalue weighted by Gasteiger charge is 2.22. The van der Waals surface area contributed by atoms with Gasteiger partial charge in [0, 0.05) is 12.0 Å². The number of nitrogens with one attached hydrogen (secondary N) is 2. The van der Waals surface area contributed by atoms with Crippen molar-refractivity contribution in [3.63, 3.8) is 0 Å². The third kappa shape index (κ3) is 3.05. The van der Waals surface area contributed by atoms with E-state index in [0.717, 1.165) is 33.0 Å². The Hall–Kier alpha value is -2.60. The maximum absolute atomic E-state index is 12.2. The Morgan fingerprint density at radius 1 is 1.21 bits per heavy atom. The third-order valence-corrected chi connectivity index (χ3v) is 5.04. The molecule has 3 aromatic rings. The van der Waals surface area contributed by atoms with E-state index in [4.69, 9.17) is 4.74 Å². The van der Waals surface area contributed by atoms with Crippen LogP contribution >= 0.6 is 11.3 Å². The highest BCUT2D eigenvalue weighted by molar-refractivity contribution is 7.18. The van der Waals surface area contributed by atoms with E-state index in [1.807, 2.05) is 48.5 Å². The Bertz CT molecular complexity index is 844. The quantitative estimate of drug-likeness (QED) is 0.766. The van der Waals surface area contributed by atoms with Crippen LogP contribution in [0.15, 0.2) is 48.5 Å². The Kier molecular flexibility index (Phi) is 4.04. The fourth-order valence-electron chi connectivity index (χ4n) is 2.85. The molecule has 5 nitrogen and oxygen atoms in total. The number of thiazole rings is 1. The first kappa shape index (κ1) is 15.0. The number of carbonyl (C=O) groups excluding carboxylic acids is 1. The van der Waals surface area contributed by atoms with Crippen molar-refractivity contribution in [2.75, 3.05) is 6.61 Å². The molecule has 122 valence electrons. The molecule has 6 heteroatoms. The van der Waals surface area contributed by atoms with Gasteiger partial charge in [-0.15, -0.1) is 11.3 Å². The molecule has 1 aliphatic rings. The van der Waals surface area contributed by atoms with Crippen molar-refractivity contribution >= 4 is 27.6 Å². The van der Waals surface area contributed by atoms with Gasteiger partial charge >= 0.3 is 6.03 Å². The van der Waals surface area contributed by atoms with Crippen molar-refractivity contribution in [3.8, 4) is 5.75 Å². The summed E-state index contributed by atoms with van der Waals surface area (Å²) in [4.78, 5) is 16.7. The molecule has 0 saturated carbocycles. The fourth-order valence-corrected chi connectivity index (χ4v) is 3.76. The molecule has 1 aliphatic heterocycles. The van der Waals surface area contributed by atoms with Crippen LogP contribution in [0, 0.1) is 0 Å². The maximum atomic E-state index is 12.2. The summed E-state index contributed by atoms with van der Waals surface area (Å²) < 4.78 is 6.75. The lowest BCUT2D eigenvalue weighted by atomic mass is 10.0. The predicted molar refractivity (Wildman–Crippen MR) is 94.3 cm³/mol. The van der Waals surface area contributed by atoms with Gasteiger partial charge in [0.25, 0.3) is 0 Å². The lowest BCUT2D eigenvalue weighted by molar-refractivity contribution is 0.223. The Labute approximate surface area is 143 Å². The van der Waals surface area contributed by atoms with Crippen molar-refractivity contribution in [1.29, 1.82) is 0 Å². The molecule has 0 saturated heterocycles. The number of benzene rings is 2. The van der Waals surface area contributed by atoms with E-state index in [0.29, 0.717) is 13.2 Å². The van der Waals surface area contributed by atoms with Gasteiger partial charge in [0.15, 0.2) is 0 Å². The molecule has 2 amide bonds. The van der Waals surface area contributed by atoms with E-state index in [2.05, 4.69) is 15.6 Å². The number of hydrogen-bond acceptors (Lipinski definition) is 4. The van der Waals surface area contributed by atoms with Crippen LogP contribution in [-0.2, 0) is 6.54 Å². The van der Waals surface area contributed by atoms with Crippen molar-refractivity contribution < 1.29 is 9.53 Å². The summed E-state index contributed by atoms with van der Waals surface area (Å²) in [5.74, 6) is 0.847. The molecule has 2 N–H and O–H groups in total. The first-order valence-electron chi connectivity index (χ1n) is 7.90. The third-order valence-electron chi connectivity index (χ3n) is 4.00. The summed E-state index contributed by atoms with van der Waals surface area (Å²) in [6.45, 7) is 1.04. The van der Waals surface area contributed by atoms with Crippen molar-refractivity contribution in [2.45, 2.75) is 19.0 Å². The number of aromatic nitrogens is 1. The number of ether oxygens (including phenoxy) is 1. The lowest BCUT2D eigenvalue weighted by Crippen LogP contribution is -2.39. The molecule has 1 unspecified atom stereocenters. The summed E-state index contributed by atoms with van der Waals surface area (Å²) in [6.07, 6.45) is 0.769. The van der Waals surface area contributed by atoms with Crippen molar-refractivity contribution in [2.24, 2.45) is 0 Å². The second-order valence-corrected chi connectivity index (χ2v) is 6.75. The zero-order chi connectivity index (χ0) is 16.4. The maximum Gasteiger partial charge on any atom is 0.315 e. The van der Waals surface area contributed by atoms with Crippen LogP contribution in [-0.4, -0.2) is 17.6 Å². The molecule has 0 aliphatic carbocycles. The zero-order valence-corrected chi connectivity index (χ0v) is 13.8. The number of hydrogen-bond donors (Lipinski definition) is 2. The SMILES string of the molecule is O=C(NCc1nc2ccccc2s1)NC1CCOc2ccccc21. The molecule has 1 atom stereocenters. The van der Waals surface area contributed by atoms with Crippen LogP contribution in [0.25, 0.3) is 10.2 Å². The minimum atomic E-state index is -0.184. The molecule has 0 fully saturated rings. The minimum Gasteiger partial charge on any atom is -0.493 e. The van der Waals surface area contributed by atoms with Gasteiger partial charge in [0.05, 0.1) is 29.4 Å². The summed E-state index contributed by atoms with van der Waals surface area (Å²) in [5.41, 5.74) is 2.00. The highest BCUT2D eigenvalue weighted by atomic mass is 32.1. The number of fused-ring (bicyclic) bond motifs is 2. The van der Waals surface area contributed by atoms with Gasteiger partial charge < -0.3 is 15.4 Å². The van der Waals surface area contributed by atoms with Gasteiger partial charge in [-0.05, 0) is 18.2 Å². The van der Waals surface area contributed by atoms with Crippen LogP contribution in [0.4, 0.5) is 4.79 Å². The van der Waals surface area contributed by atoms with E-state index in [-0.39, 0.29) is 12.1 Å². The minimum absolute atomic E-state index is 0.0229.